The molecule has 1 heterocycles. The van der Waals surface area contributed by atoms with Crippen molar-refractivity contribution in [3.05, 3.63) is 0 Å². The molecule has 5 nitrogen and oxygen atoms in total. The van der Waals surface area contributed by atoms with E-state index in [2.05, 4.69) is 26.1 Å². The fourth-order valence-corrected chi connectivity index (χ4v) is 2.12. The van der Waals surface area contributed by atoms with Gasteiger partial charge in [0.15, 0.2) is 6.10 Å². The van der Waals surface area contributed by atoms with Gasteiger partial charge in [-0.2, -0.15) is 0 Å². The van der Waals surface area contributed by atoms with Crippen LogP contribution in [0.1, 0.15) is 52.9 Å². The molecule has 0 bridgehead atoms. The van der Waals surface area contributed by atoms with Crippen molar-refractivity contribution < 1.29 is 19.4 Å². The molecule has 5 heteroatoms. The van der Waals surface area contributed by atoms with Crippen LogP contribution in [0.15, 0.2) is 0 Å². The number of amides is 1. The summed E-state index contributed by atoms with van der Waals surface area (Å²) in [6.45, 7) is 7.23. The van der Waals surface area contributed by atoms with Crippen molar-refractivity contribution in [3.63, 3.8) is 0 Å². The molecule has 0 spiro atoms. The minimum absolute atomic E-state index is 0.181. The van der Waals surface area contributed by atoms with Crippen molar-refractivity contribution in [2.75, 3.05) is 6.54 Å². The number of rotatable bonds is 6. The molecule has 0 aromatic rings. The summed E-state index contributed by atoms with van der Waals surface area (Å²) in [4.78, 5) is 22.5. The maximum absolute atomic E-state index is 11.7. The Balaban J connectivity index is 2.14. The highest BCUT2D eigenvalue weighted by Gasteiger charge is 2.34. The van der Waals surface area contributed by atoms with E-state index in [1.165, 1.54) is 0 Å². The third kappa shape index (κ3) is 6.05. The lowest BCUT2D eigenvalue weighted by Crippen LogP contribution is -2.36. The number of unbranched alkanes of at least 4 members (excludes halogenated alkanes) is 1. The van der Waals surface area contributed by atoms with Gasteiger partial charge >= 0.3 is 5.97 Å². The maximum Gasteiger partial charge on any atom is 0.332 e. The number of carboxylic acids is 1. The topological polar surface area (TPSA) is 75.6 Å². The van der Waals surface area contributed by atoms with Crippen LogP contribution in [0.25, 0.3) is 0 Å². The fourth-order valence-electron chi connectivity index (χ4n) is 2.12. The Kier molecular flexibility index (Phi) is 5.79. The molecule has 1 rings (SSSR count). The normalized spacial score (nSPS) is 23.3. The lowest BCUT2D eigenvalue weighted by molar-refractivity contribution is -0.151. The van der Waals surface area contributed by atoms with E-state index in [-0.39, 0.29) is 5.91 Å². The van der Waals surface area contributed by atoms with Crippen LogP contribution in [0.5, 0.6) is 0 Å². The van der Waals surface area contributed by atoms with Gasteiger partial charge < -0.3 is 15.2 Å². The first kappa shape index (κ1) is 16.0. The lowest BCUT2D eigenvalue weighted by atomic mass is 9.90. The summed E-state index contributed by atoms with van der Waals surface area (Å²) in [7, 11) is 0. The zero-order valence-corrected chi connectivity index (χ0v) is 12.1. The number of carboxylic acid groups (broad SMARTS) is 1. The van der Waals surface area contributed by atoms with Crippen LogP contribution >= 0.6 is 0 Å². The Hall–Kier alpha value is -1.10. The third-order valence-corrected chi connectivity index (χ3v) is 3.24. The van der Waals surface area contributed by atoms with Crippen LogP contribution in [0.3, 0.4) is 0 Å². The van der Waals surface area contributed by atoms with Crippen LogP contribution in [0.2, 0.25) is 0 Å². The predicted molar refractivity (Wildman–Crippen MR) is 71.8 cm³/mol. The van der Waals surface area contributed by atoms with Gasteiger partial charge in [-0.3, -0.25) is 4.79 Å². The number of ether oxygens (including phenoxy) is 1. The maximum atomic E-state index is 11.7. The number of hydrogen-bond acceptors (Lipinski definition) is 3. The monoisotopic (exact) mass is 271 g/mol. The summed E-state index contributed by atoms with van der Waals surface area (Å²) in [6.07, 6.45) is 2.64. The van der Waals surface area contributed by atoms with E-state index in [9.17, 15) is 9.59 Å². The summed E-state index contributed by atoms with van der Waals surface area (Å²) in [5.74, 6) is -1.17. The Bertz CT molecular complexity index is 322. The Morgan fingerprint density at radius 2 is 1.84 bits per heavy atom. The highest BCUT2D eigenvalue weighted by Crippen LogP contribution is 2.21. The molecular weight excluding hydrogens is 246 g/mol. The molecule has 110 valence electrons. The largest absolute Gasteiger partial charge is 0.479 e. The zero-order valence-electron chi connectivity index (χ0n) is 12.1. The van der Waals surface area contributed by atoms with Crippen molar-refractivity contribution >= 4 is 11.9 Å². The highest BCUT2D eigenvalue weighted by molar-refractivity contribution is 5.82. The molecule has 1 aliphatic heterocycles. The van der Waals surface area contributed by atoms with E-state index in [1.54, 1.807) is 0 Å². The lowest BCUT2D eigenvalue weighted by Gasteiger charge is -2.17. The SMILES string of the molecule is CC(C)(C)CCCCNC(=O)[C@@H]1CC[C@H](C(=O)O)O1. The van der Waals surface area contributed by atoms with Crippen molar-refractivity contribution in [1.29, 1.82) is 0 Å². The summed E-state index contributed by atoms with van der Waals surface area (Å²) in [6, 6.07) is 0. The second-order valence-corrected chi connectivity index (χ2v) is 6.34. The van der Waals surface area contributed by atoms with Crippen molar-refractivity contribution in [2.24, 2.45) is 5.41 Å². The van der Waals surface area contributed by atoms with Gasteiger partial charge in [0.1, 0.15) is 6.10 Å². The van der Waals surface area contributed by atoms with Gasteiger partial charge in [-0.25, -0.2) is 4.79 Å². The van der Waals surface area contributed by atoms with Gasteiger partial charge in [0.05, 0.1) is 0 Å². The van der Waals surface area contributed by atoms with E-state index in [4.69, 9.17) is 9.84 Å². The summed E-state index contributed by atoms with van der Waals surface area (Å²) >= 11 is 0. The standard InChI is InChI=1S/C14H25NO4/c1-14(2,3)8-4-5-9-15-12(16)10-6-7-11(19-10)13(17)18/h10-11H,4-9H2,1-3H3,(H,15,16)(H,17,18)/t10-,11+/m0/s1. The number of nitrogens with one attached hydrogen (secondary N) is 1. The van der Waals surface area contributed by atoms with Gasteiger partial charge in [0, 0.05) is 6.54 Å². The summed E-state index contributed by atoms with van der Waals surface area (Å²) in [5, 5.41) is 11.6. The number of hydrogen-bond donors (Lipinski definition) is 2. The van der Waals surface area contributed by atoms with Gasteiger partial charge in [-0.05, 0) is 31.1 Å². The highest BCUT2D eigenvalue weighted by atomic mass is 16.5. The predicted octanol–water partition coefficient (Wildman–Crippen LogP) is 1.95. The van der Waals surface area contributed by atoms with Gasteiger partial charge in [-0.15, -0.1) is 0 Å². The molecule has 1 fully saturated rings. The van der Waals surface area contributed by atoms with Gasteiger partial charge in [0.2, 0.25) is 5.91 Å². The second kappa shape index (κ2) is 6.89. The van der Waals surface area contributed by atoms with E-state index >= 15 is 0 Å². The fraction of sp³-hybridized carbons (Fsp3) is 0.857. The summed E-state index contributed by atoms with van der Waals surface area (Å²) < 4.78 is 5.18. The minimum Gasteiger partial charge on any atom is -0.479 e. The smallest absolute Gasteiger partial charge is 0.332 e. The minimum atomic E-state index is -0.986. The molecule has 1 amide bonds. The number of aliphatic carboxylic acids is 1. The molecule has 0 aliphatic carbocycles. The van der Waals surface area contributed by atoms with E-state index in [0.29, 0.717) is 24.8 Å². The number of carbonyl (C=O) groups excluding carboxylic acids is 1. The van der Waals surface area contributed by atoms with Crippen molar-refractivity contribution in [1.82, 2.24) is 5.32 Å². The van der Waals surface area contributed by atoms with Gasteiger partial charge in [-0.1, -0.05) is 27.2 Å². The molecule has 1 saturated heterocycles. The molecule has 0 saturated carbocycles. The second-order valence-electron chi connectivity index (χ2n) is 6.34. The number of carbonyl (C=O) groups is 2. The average molecular weight is 271 g/mol. The summed E-state index contributed by atoms with van der Waals surface area (Å²) in [5.41, 5.74) is 0.327. The van der Waals surface area contributed by atoms with Gasteiger partial charge in [0.25, 0.3) is 0 Å². The van der Waals surface area contributed by atoms with E-state index in [0.717, 1.165) is 19.3 Å². The molecule has 0 aromatic carbocycles. The first-order valence-corrected chi connectivity index (χ1v) is 6.95. The molecule has 1 aliphatic rings. The quantitative estimate of drug-likeness (QED) is 0.724. The first-order chi connectivity index (χ1) is 8.79. The molecule has 2 atom stereocenters. The van der Waals surface area contributed by atoms with Crippen molar-refractivity contribution in [2.45, 2.75) is 65.1 Å². The van der Waals surface area contributed by atoms with Crippen LogP contribution in [-0.4, -0.2) is 35.7 Å². The Morgan fingerprint density at radius 1 is 1.21 bits per heavy atom. The van der Waals surface area contributed by atoms with Crippen LogP contribution in [0, 0.1) is 5.41 Å². The van der Waals surface area contributed by atoms with E-state index in [1.807, 2.05) is 0 Å². The average Bonchev–Trinajstić information content (AvgIpc) is 2.76. The van der Waals surface area contributed by atoms with Crippen LogP contribution in [-0.2, 0) is 14.3 Å². The molecule has 19 heavy (non-hydrogen) atoms. The Morgan fingerprint density at radius 3 is 2.37 bits per heavy atom. The third-order valence-electron chi connectivity index (χ3n) is 3.24. The van der Waals surface area contributed by atoms with Crippen LogP contribution < -0.4 is 5.32 Å². The molecule has 0 unspecified atom stereocenters. The van der Waals surface area contributed by atoms with Crippen LogP contribution in [0.4, 0.5) is 0 Å². The zero-order chi connectivity index (χ0) is 14.5. The molecule has 0 radical (unpaired) electrons. The van der Waals surface area contributed by atoms with Crippen molar-refractivity contribution in [3.8, 4) is 0 Å². The molecule has 0 aromatic heterocycles. The first-order valence-electron chi connectivity index (χ1n) is 6.95. The molecular formula is C14H25NO4. The molecule has 2 N–H and O–H groups in total. The van der Waals surface area contributed by atoms with E-state index < -0.39 is 18.2 Å². The Labute approximate surface area is 114 Å².